The van der Waals surface area contributed by atoms with Crippen molar-refractivity contribution in [3.8, 4) is 11.5 Å². The van der Waals surface area contributed by atoms with Crippen molar-refractivity contribution in [1.29, 1.82) is 0 Å². The van der Waals surface area contributed by atoms with Crippen LogP contribution in [0.2, 0.25) is 0 Å². The van der Waals surface area contributed by atoms with E-state index in [2.05, 4.69) is 5.32 Å². The predicted octanol–water partition coefficient (Wildman–Crippen LogP) is 1.72. The molecule has 22 heavy (non-hydrogen) atoms. The predicted molar refractivity (Wildman–Crippen MR) is 80.4 cm³/mol. The summed E-state index contributed by atoms with van der Waals surface area (Å²) in [5.41, 5.74) is 2.21. The van der Waals surface area contributed by atoms with E-state index in [1.165, 1.54) is 5.56 Å². The van der Waals surface area contributed by atoms with Crippen LogP contribution >= 0.6 is 0 Å². The van der Waals surface area contributed by atoms with Gasteiger partial charge >= 0.3 is 0 Å². The fourth-order valence-corrected chi connectivity index (χ4v) is 2.25. The maximum absolute atomic E-state index is 11.9. The lowest BCUT2D eigenvalue weighted by atomic mass is 10.2. The Balaban J connectivity index is 1.47. The minimum absolute atomic E-state index is 0.0331. The zero-order valence-corrected chi connectivity index (χ0v) is 12.5. The first kappa shape index (κ1) is 14.4. The zero-order valence-electron chi connectivity index (χ0n) is 12.5. The fourth-order valence-electron chi connectivity index (χ4n) is 2.25. The molecule has 0 aliphatic carbocycles. The summed E-state index contributed by atoms with van der Waals surface area (Å²) in [5.74, 6) is 1.53. The molecule has 2 aromatic rings. The Bertz CT molecular complexity index is 668. The van der Waals surface area contributed by atoms with Crippen molar-refractivity contribution >= 4 is 5.91 Å². The van der Waals surface area contributed by atoms with E-state index in [1.54, 1.807) is 0 Å². The molecule has 0 saturated heterocycles. The van der Waals surface area contributed by atoms with E-state index >= 15 is 0 Å². The summed E-state index contributed by atoms with van der Waals surface area (Å²) in [5, 5.41) is 2.92. The van der Waals surface area contributed by atoms with Crippen molar-refractivity contribution < 1.29 is 18.8 Å². The molecule has 1 aromatic carbocycles. The van der Waals surface area contributed by atoms with Crippen molar-refractivity contribution in [2.45, 2.75) is 26.4 Å². The van der Waals surface area contributed by atoms with Crippen molar-refractivity contribution in [2.75, 3.05) is 6.79 Å². The number of fused-ring (bicyclic) bond motifs is 1. The first-order valence-electron chi connectivity index (χ1n) is 7.32. The second-order valence-electron chi connectivity index (χ2n) is 5.33. The van der Waals surface area contributed by atoms with Crippen LogP contribution in [0.15, 0.2) is 42.7 Å². The Morgan fingerprint density at radius 2 is 1.95 bits per heavy atom. The van der Waals surface area contributed by atoms with Crippen LogP contribution in [0, 0.1) is 6.92 Å². The fraction of sp³-hybridized carbons (Fsp3) is 0.294. The number of nitrogens with one attached hydrogen (secondary N) is 1. The summed E-state index contributed by atoms with van der Waals surface area (Å²) >= 11 is 0. The molecule has 1 aliphatic heterocycles. The molecule has 2 heterocycles. The van der Waals surface area contributed by atoms with Gasteiger partial charge in [0.2, 0.25) is 12.7 Å². The summed E-state index contributed by atoms with van der Waals surface area (Å²) in [6.07, 6.45) is 4.43. The molecule has 5 heteroatoms. The lowest BCUT2D eigenvalue weighted by Gasteiger charge is -2.05. The molecule has 0 radical (unpaired) electrons. The van der Waals surface area contributed by atoms with Crippen molar-refractivity contribution in [3.63, 3.8) is 0 Å². The number of benzene rings is 1. The molecule has 1 N–H and O–H groups in total. The Labute approximate surface area is 129 Å². The first-order valence-corrected chi connectivity index (χ1v) is 7.32. The van der Waals surface area contributed by atoms with Gasteiger partial charge in [0, 0.05) is 18.7 Å². The average Bonchev–Trinajstić information content (AvgIpc) is 3.00. The number of carbonyl (C=O) groups is 1. The minimum atomic E-state index is 0.0331. The number of aryl methyl sites for hydroxylation is 2. The largest absolute Gasteiger partial charge is 0.454 e. The number of carbonyl (C=O) groups excluding carboxylic acids is 1. The number of hydrogen-bond acceptors (Lipinski definition) is 3. The topological polar surface area (TPSA) is 51.4 Å². The Morgan fingerprint density at radius 3 is 2.77 bits per heavy atom. The Morgan fingerprint density at radius 1 is 1.18 bits per heavy atom. The van der Waals surface area contributed by atoms with E-state index in [-0.39, 0.29) is 12.7 Å². The van der Waals surface area contributed by atoms with Gasteiger partial charge in [-0.2, -0.15) is 0 Å². The summed E-state index contributed by atoms with van der Waals surface area (Å²) in [6.45, 7) is 3.47. The zero-order chi connectivity index (χ0) is 15.4. The van der Waals surface area contributed by atoms with Crippen LogP contribution in [-0.4, -0.2) is 12.7 Å². The SMILES string of the molecule is Cc1cc[n+](CCC(=O)NCc2ccc3c(c2)OCO3)cc1. The van der Waals surface area contributed by atoms with E-state index in [0.29, 0.717) is 19.5 Å². The van der Waals surface area contributed by atoms with Gasteiger partial charge in [-0.15, -0.1) is 0 Å². The van der Waals surface area contributed by atoms with Crippen molar-refractivity contribution in [1.82, 2.24) is 5.32 Å². The third kappa shape index (κ3) is 3.55. The number of hydrogen-bond donors (Lipinski definition) is 1. The standard InChI is InChI=1S/C17H18N2O3/c1-13-4-7-19(8-5-13)9-6-17(20)18-11-14-2-3-15-16(10-14)22-12-21-15/h2-5,7-8,10H,6,9,11-12H2,1H3/p+1. The smallest absolute Gasteiger partial charge is 0.231 e. The third-order valence-corrected chi connectivity index (χ3v) is 3.58. The van der Waals surface area contributed by atoms with Crippen LogP contribution in [0.4, 0.5) is 0 Å². The molecule has 0 spiro atoms. The van der Waals surface area contributed by atoms with Gasteiger partial charge in [-0.1, -0.05) is 6.07 Å². The molecule has 0 saturated carbocycles. The molecular formula is C17H19N2O3+. The highest BCUT2D eigenvalue weighted by Gasteiger charge is 2.13. The number of pyridine rings is 1. The van der Waals surface area contributed by atoms with Crippen LogP contribution in [0.1, 0.15) is 17.5 Å². The first-order chi connectivity index (χ1) is 10.7. The summed E-state index contributed by atoms with van der Waals surface area (Å²) in [7, 11) is 0. The summed E-state index contributed by atoms with van der Waals surface area (Å²) < 4.78 is 12.6. The highest BCUT2D eigenvalue weighted by molar-refractivity contribution is 5.75. The third-order valence-electron chi connectivity index (χ3n) is 3.58. The monoisotopic (exact) mass is 299 g/mol. The van der Waals surface area contributed by atoms with Crippen LogP contribution < -0.4 is 19.4 Å². The molecule has 1 aromatic heterocycles. The van der Waals surface area contributed by atoms with Gasteiger partial charge < -0.3 is 14.8 Å². The molecule has 1 amide bonds. The maximum Gasteiger partial charge on any atom is 0.231 e. The number of rotatable bonds is 5. The molecule has 1 aliphatic rings. The number of amides is 1. The highest BCUT2D eigenvalue weighted by Crippen LogP contribution is 2.32. The summed E-state index contributed by atoms with van der Waals surface area (Å²) in [4.78, 5) is 11.9. The van der Waals surface area contributed by atoms with Crippen molar-refractivity contribution in [3.05, 3.63) is 53.9 Å². The summed E-state index contributed by atoms with van der Waals surface area (Å²) in [6, 6.07) is 9.76. The molecule has 0 fully saturated rings. The van der Waals surface area contributed by atoms with Gasteiger partial charge in [0.25, 0.3) is 0 Å². The van der Waals surface area contributed by atoms with E-state index in [0.717, 1.165) is 17.1 Å². The van der Waals surface area contributed by atoms with Crippen LogP contribution in [0.3, 0.4) is 0 Å². The molecule has 3 rings (SSSR count). The Kier molecular flexibility index (Phi) is 4.23. The van der Waals surface area contributed by atoms with Gasteiger partial charge in [0.05, 0.1) is 6.42 Å². The molecule has 114 valence electrons. The van der Waals surface area contributed by atoms with Gasteiger partial charge in [-0.25, -0.2) is 4.57 Å². The van der Waals surface area contributed by atoms with Crippen LogP contribution in [0.5, 0.6) is 11.5 Å². The number of nitrogens with zero attached hydrogens (tertiary/aromatic N) is 1. The van der Waals surface area contributed by atoms with Gasteiger partial charge in [-0.3, -0.25) is 4.79 Å². The molecule has 0 bridgehead atoms. The number of ether oxygens (including phenoxy) is 2. The van der Waals surface area contributed by atoms with E-state index < -0.39 is 0 Å². The highest BCUT2D eigenvalue weighted by atomic mass is 16.7. The van der Waals surface area contributed by atoms with Crippen LogP contribution in [-0.2, 0) is 17.9 Å². The molecular weight excluding hydrogens is 280 g/mol. The second-order valence-corrected chi connectivity index (χ2v) is 5.33. The van der Waals surface area contributed by atoms with E-state index in [1.807, 2.05) is 54.2 Å². The van der Waals surface area contributed by atoms with E-state index in [4.69, 9.17) is 9.47 Å². The normalized spacial score (nSPS) is 12.2. The maximum atomic E-state index is 11.9. The van der Waals surface area contributed by atoms with Gasteiger partial charge in [-0.05, 0) is 30.2 Å². The van der Waals surface area contributed by atoms with Crippen molar-refractivity contribution in [2.24, 2.45) is 0 Å². The Hall–Kier alpha value is -2.56. The minimum Gasteiger partial charge on any atom is -0.454 e. The van der Waals surface area contributed by atoms with Gasteiger partial charge in [0.1, 0.15) is 0 Å². The van der Waals surface area contributed by atoms with E-state index in [9.17, 15) is 4.79 Å². The van der Waals surface area contributed by atoms with Crippen LogP contribution in [0.25, 0.3) is 0 Å². The number of aromatic nitrogens is 1. The molecule has 0 unspecified atom stereocenters. The quantitative estimate of drug-likeness (QED) is 0.855. The second kappa shape index (κ2) is 6.47. The molecule has 0 atom stereocenters. The van der Waals surface area contributed by atoms with Gasteiger partial charge in [0.15, 0.2) is 30.4 Å². The molecule has 5 nitrogen and oxygen atoms in total. The average molecular weight is 299 g/mol. The lowest BCUT2D eigenvalue weighted by Crippen LogP contribution is -2.36. The lowest BCUT2D eigenvalue weighted by molar-refractivity contribution is -0.695.